The monoisotopic (exact) mass is 308 g/mol. The van der Waals surface area contributed by atoms with Crippen molar-refractivity contribution in [2.45, 2.75) is 43.7 Å². The average molecular weight is 308 g/mol. The van der Waals surface area contributed by atoms with Crippen molar-refractivity contribution in [2.24, 2.45) is 17.8 Å². The van der Waals surface area contributed by atoms with Crippen LogP contribution in [0.2, 0.25) is 0 Å². The SMILES string of the molecule is CN1C[C@H](COCC2CC2)CC12CN(C(=O)C1CC(O)C1)C2. The number of ether oxygens (including phenoxy) is 1. The molecule has 4 rings (SSSR count). The third-order valence-electron chi connectivity index (χ3n) is 6.16. The molecule has 0 aromatic carbocycles. The minimum Gasteiger partial charge on any atom is -0.393 e. The summed E-state index contributed by atoms with van der Waals surface area (Å²) in [5.74, 6) is 1.80. The number of carbonyl (C=O) groups is 1. The molecule has 2 aliphatic carbocycles. The normalized spacial score (nSPS) is 37.2. The number of aliphatic hydroxyl groups is 1. The highest BCUT2D eigenvalue weighted by Crippen LogP contribution is 2.41. The number of likely N-dealkylation sites (tertiary alicyclic amines) is 2. The van der Waals surface area contributed by atoms with E-state index >= 15 is 0 Å². The van der Waals surface area contributed by atoms with E-state index in [4.69, 9.17) is 4.74 Å². The van der Waals surface area contributed by atoms with Crippen LogP contribution in [0, 0.1) is 17.8 Å². The van der Waals surface area contributed by atoms with Crippen molar-refractivity contribution < 1.29 is 14.6 Å². The summed E-state index contributed by atoms with van der Waals surface area (Å²) in [6, 6.07) is 0. The van der Waals surface area contributed by atoms with E-state index in [1.54, 1.807) is 0 Å². The Morgan fingerprint density at radius 2 is 1.91 bits per heavy atom. The molecule has 2 saturated heterocycles. The van der Waals surface area contributed by atoms with Gasteiger partial charge in [-0.15, -0.1) is 0 Å². The van der Waals surface area contributed by atoms with E-state index in [0.717, 1.165) is 45.2 Å². The summed E-state index contributed by atoms with van der Waals surface area (Å²) in [5, 5.41) is 9.35. The maximum absolute atomic E-state index is 12.3. The molecule has 5 heteroatoms. The molecule has 1 spiro atoms. The molecule has 0 bridgehead atoms. The first kappa shape index (κ1) is 14.9. The predicted molar refractivity (Wildman–Crippen MR) is 82.3 cm³/mol. The van der Waals surface area contributed by atoms with Gasteiger partial charge < -0.3 is 14.7 Å². The fraction of sp³-hybridized carbons (Fsp3) is 0.941. The van der Waals surface area contributed by atoms with Crippen molar-refractivity contribution in [3.63, 3.8) is 0 Å². The molecule has 4 fully saturated rings. The van der Waals surface area contributed by atoms with Crippen LogP contribution in [0.5, 0.6) is 0 Å². The summed E-state index contributed by atoms with van der Waals surface area (Å²) in [6.45, 7) is 4.66. The van der Waals surface area contributed by atoms with E-state index in [0.29, 0.717) is 18.8 Å². The van der Waals surface area contributed by atoms with Gasteiger partial charge in [0, 0.05) is 32.2 Å². The van der Waals surface area contributed by atoms with Gasteiger partial charge in [0.05, 0.1) is 18.2 Å². The molecule has 2 saturated carbocycles. The predicted octanol–water partition coefficient (Wildman–Crippen LogP) is 0.717. The van der Waals surface area contributed by atoms with Crippen LogP contribution in [0.15, 0.2) is 0 Å². The molecule has 2 heterocycles. The Morgan fingerprint density at radius 1 is 1.23 bits per heavy atom. The summed E-state index contributed by atoms with van der Waals surface area (Å²) in [7, 11) is 2.19. The summed E-state index contributed by atoms with van der Waals surface area (Å²) in [4.78, 5) is 16.7. The van der Waals surface area contributed by atoms with Crippen molar-refractivity contribution in [3.8, 4) is 0 Å². The van der Waals surface area contributed by atoms with E-state index in [-0.39, 0.29) is 23.5 Å². The minimum absolute atomic E-state index is 0.0803. The highest BCUT2D eigenvalue weighted by molar-refractivity contribution is 5.81. The Labute approximate surface area is 132 Å². The smallest absolute Gasteiger partial charge is 0.226 e. The molecule has 4 aliphatic rings. The Balaban J connectivity index is 1.23. The summed E-state index contributed by atoms with van der Waals surface area (Å²) in [6.07, 6.45) is 4.94. The Bertz CT molecular complexity index is 439. The summed E-state index contributed by atoms with van der Waals surface area (Å²) in [5.41, 5.74) is 0.200. The van der Waals surface area contributed by atoms with Gasteiger partial charge in [-0.3, -0.25) is 9.69 Å². The van der Waals surface area contributed by atoms with E-state index in [1.807, 2.05) is 4.90 Å². The second-order valence-electron chi connectivity index (χ2n) is 8.17. The first-order chi connectivity index (χ1) is 10.6. The quantitative estimate of drug-likeness (QED) is 0.813. The van der Waals surface area contributed by atoms with Gasteiger partial charge in [-0.05, 0) is 51.0 Å². The second-order valence-corrected chi connectivity index (χ2v) is 8.17. The first-order valence-corrected chi connectivity index (χ1v) is 8.81. The number of rotatable bonds is 5. The fourth-order valence-electron chi connectivity index (χ4n) is 4.37. The number of carbonyl (C=O) groups excluding carboxylic acids is 1. The van der Waals surface area contributed by atoms with Crippen LogP contribution < -0.4 is 0 Å². The third kappa shape index (κ3) is 2.68. The van der Waals surface area contributed by atoms with E-state index in [2.05, 4.69) is 11.9 Å². The largest absolute Gasteiger partial charge is 0.393 e. The van der Waals surface area contributed by atoms with Crippen LogP contribution in [0.4, 0.5) is 0 Å². The van der Waals surface area contributed by atoms with Gasteiger partial charge in [0.1, 0.15) is 0 Å². The Hall–Kier alpha value is -0.650. The molecule has 1 amide bonds. The molecule has 5 nitrogen and oxygen atoms in total. The first-order valence-electron chi connectivity index (χ1n) is 8.81. The fourth-order valence-corrected chi connectivity index (χ4v) is 4.37. The third-order valence-corrected chi connectivity index (χ3v) is 6.16. The van der Waals surface area contributed by atoms with Crippen LogP contribution in [0.3, 0.4) is 0 Å². The van der Waals surface area contributed by atoms with Crippen LogP contribution in [0.1, 0.15) is 32.1 Å². The lowest BCUT2D eigenvalue weighted by molar-refractivity contribution is -0.154. The molecule has 0 unspecified atom stereocenters. The minimum atomic E-state index is -0.244. The summed E-state index contributed by atoms with van der Waals surface area (Å²) >= 11 is 0. The van der Waals surface area contributed by atoms with Crippen LogP contribution >= 0.6 is 0 Å². The standard InChI is InChI=1S/C17H28N2O3/c1-18-7-13(9-22-8-12-2-3-12)6-17(18)10-19(11-17)16(21)14-4-15(20)5-14/h12-15,20H,2-11H2,1H3/t13-,14?,15?/m1/s1. The zero-order valence-electron chi connectivity index (χ0n) is 13.5. The lowest BCUT2D eigenvalue weighted by Gasteiger charge is -2.53. The van der Waals surface area contributed by atoms with Crippen molar-refractivity contribution >= 4 is 5.91 Å². The lowest BCUT2D eigenvalue weighted by atomic mass is 9.78. The molecule has 1 atom stereocenters. The molecule has 22 heavy (non-hydrogen) atoms. The number of nitrogens with zero attached hydrogens (tertiary/aromatic N) is 2. The number of hydrogen-bond acceptors (Lipinski definition) is 4. The molecule has 0 aromatic rings. The van der Waals surface area contributed by atoms with Gasteiger partial charge in [0.2, 0.25) is 5.91 Å². The number of hydrogen-bond donors (Lipinski definition) is 1. The zero-order chi connectivity index (χ0) is 15.3. The van der Waals surface area contributed by atoms with Crippen LogP contribution in [0.25, 0.3) is 0 Å². The molecular weight excluding hydrogens is 280 g/mol. The highest BCUT2D eigenvalue weighted by Gasteiger charge is 2.54. The number of aliphatic hydroxyl groups excluding tert-OH is 1. The highest BCUT2D eigenvalue weighted by atomic mass is 16.5. The van der Waals surface area contributed by atoms with Crippen molar-refractivity contribution in [1.29, 1.82) is 0 Å². The molecule has 2 aliphatic heterocycles. The van der Waals surface area contributed by atoms with Crippen molar-refractivity contribution in [3.05, 3.63) is 0 Å². The van der Waals surface area contributed by atoms with Gasteiger partial charge in [-0.1, -0.05) is 0 Å². The van der Waals surface area contributed by atoms with Gasteiger partial charge in [-0.2, -0.15) is 0 Å². The maximum atomic E-state index is 12.3. The number of likely N-dealkylation sites (N-methyl/N-ethyl adjacent to an activating group) is 1. The lowest BCUT2D eigenvalue weighted by Crippen LogP contribution is -2.69. The second kappa shape index (κ2) is 5.46. The summed E-state index contributed by atoms with van der Waals surface area (Å²) < 4.78 is 5.87. The number of amides is 1. The van der Waals surface area contributed by atoms with Crippen molar-refractivity contribution in [2.75, 3.05) is 39.9 Å². The maximum Gasteiger partial charge on any atom is 0.226 e. The Morgan fingerprint density at radius 3 is 2.55 bits per heavy atom. The van der Waals surface area contributed by atoms with Gasteiger partial charge >= 0.3 is 0 Å². The topological polar surface area (TPSA) is 53.0 Å². The average Bonchev–Trinajstić information content (AvgIpc) is 3.15. The van der Waals surface area contributed by atoms with Gasteiger partial charge in [0.15, 0.2) is 0 Å². The van der Waals surface area contributed by atoms with E-state index < -0.39 is 0 Å². The van der Waals surface area contributed by atoms with E-state index in [9.17, 15) is 9.90 Å². The zero-order valence-corrected chi connectivity index (χ0v) is 13.5. The van der Waals surface area contributed by atoms with E-state index in [1.165, 1.54) is 12.8 Å². The molecule has 1 N–H and O–H groups in total. The van der Waals surface area contributed by atoms with Crippen LogP contribution in [-0.4, -0.2) is 72.4 Å². The molecule has 0 aromatic heterocycles. The molecular formula is C17H28N2O3. The molecule has 0 radical (unpaired) electrons. The molecule has 124 valence electrons. The van der Waals surface area contributed by atoms with Gasteiger partial charge in [-0.25, -0.2) is 0 Å². The Kier molecular flexibility index (Phi) is 3.70. The van der Waals surface area contributed by atoms with Crippen molar-refractivity contribution in [1.82, 2.24) is 9.80 Å². The van der Waals surface area contributed by atoms with Crippen LogP contribution in [-0.2, 0) is 9.53 Å². The van der Waals surface area contributed by atoms with Gasteiger partial charge in [0.25, 0.3) is 0 Å².